The van der Waals surface area contributed by atoms with Crippen molar-refractivity contribution in [3.8, 4) is 5.75 Å². The Labute approximate surface area is 150 Å². The molecule has 1 N–H and O–H groups in total. The highest BCUT2D eigenvalue weighted by atomic mass is 79.9. The summed E-state index contributed by atoms with van der Waals surface area (Å²) in [7, 11) is 0. The second-order valence-corrected chi connectivity index (χ2v) is 6.31. The highest BCUT2D eigenvalue weighted by Gasteiger charge is 2.12. The first-order chi connectivity index (χ1) is 11.5. The number of hydrogen-bond donors (Lipinski definition) is 1. The van der Waals surface area contributed by atoms with Crippen LogP contribution in [0, 0.1) is 5.82 Å². The largest absolute Gasteiger partial charge is 0.481 e. The number of anilines is 1. The summed E-state index contributed by atoms with van der Waals surface area (Å²) < 4.78 is 24.1. The third-order valence-corrected chi connectivity index (χ3v) is 3.98. The monoisotopic (exact) mass is 416 g/mol. The van der Waals surface area contributed by atoms with E-state index in [2.05, 4.69) is 26.2 Å². The maximum absolute atomic E-state index is 13.6. The average Bonchev–Trinajstić information content (AvgIpc) is 2.93. The minimum Gasteiger partial charge on any atom is -0.481 e. The van der Waals surface area contributed by atoms with E-state index in [1.165, 1.54) is 23.5 Å². The predicted molar refractivity (Wildman–Crippen MR) is 90.7 cm³/mol. The summed E-state index contributed by atoms with van der Waals surface area (Å²) in [6.07, 6.45) is 0.0425. The Bertz CT molecular complexity index is 738. The minimum absolute atomic E-state index is 0.0181. The van der Waals surface area contributed by atoms with E-state index in [1.807, 2.05) is 0 Å². The van der Waals surface area contributed by atoms with Gasteiger partial charge < -0.3 is 9.47 Å². The van der Waals surface area contributed by atoms with Crippen LogP contribution in [0.3, 0.4) is 0 Å². The Balaban J connectivity index is 1.84. The number of ether oxygens (including phenoxy) is 2. The van der Waals surface area contributed by atoms with E-state index in [4.69, 9.17) is 9.47 Å². The standard InChI is InChI=1S/C15H14BrFN2O4S/c1-2-22-14(21)6-10-8-24-15(18-10)19-13(20)7-23-12-4-3-9(16)5-11(12)17/h3-5,8H,2,6-7H2,1H3,(H,18,19,20). The average molecular weight is 417 g/mol. The molecule has 0 aliphatic heterocycles. The lowest BCUT2D eigenvalue weighted by molar-refractivity contribution is -0.142. The van der Waals surface area contributed by atoms with E-state index in [1.54, 1.807) is 18.4 Å². The predicted octanol–water partition coefficient (Wildman–Crippen LogP) is 3.17. The lowest BCUT2D eigenvalue weighted by atomic mass is 10.3. The molecule has 0 radical (unpaired) electrons. The number of thiazole rings is 1. The van der Waals surface area contributed by atoms with Crippen LogP contribution in [0.25, 0.3) is 0 Å². The molecule has 24 heavy (non-hydrogen) atoms. The van der Waals surface area contributed by atoms with E-state index < -0.39 is 11.7 Å². The van der Waals surface area contributed by atoms with Crippen LogP contribution in [0.4, 0.5) is 9.52 Å². The fraction of sp³-hybridized carbons (Fsp3) is 0.267. The number of hydrogen-bond acceptors (Lipinski definition) is 6. The molecule has 9 heteroatoms. The van der Waals surface area contributed by atoms with Crippen molar-refractivity contribution in [2.45, 2.75) is 13.3 Å². The Morgan fingerprint density at radius 3 is 2.92 bits per heavy atom. The van der Waals surface area contributed by atoms with Crippen molar-refractivity contribution >= 4 is 44.3 Å². The van der Waals surface area contributed by atoms with Crippen molar-refractivity contribution in [2.24, 2.45) is 0 Å². The number of amides is 1. The number of esters is 1. The summed E-state index contributed by atoms with van der Waals surface area (Å²) in [6.45, 7) is 1.67. The summed E-state index contributed by atoms with van der Waals surface area (Å²) in [5.41, 5.74) is 0.508. The van der Waals surface area contributed by atoms with Crippen LogP contribution in [0.2, 0.25) is 0 Å². The highest BCUT2D eigenvalue weighted by molar-refractivity contribution is 9.10. The fourth-order valence-electron chi connectivity index (χ4n) is 1.70. The quantitative estimate of drug-likeness (QED) is 0.701. The molecular weight excluding hydrogens is 403 g/mol. The molecule has 0 saturated carbocycles. The summed E-state index contributed by atoms with van der Waals surface area (Å²) >= 11 is 4.31. The van der Waals surface area contributed by atoms with Gasteiger partial charge in [-0.25, -0.2) is 9.37 Å². The molecule has 0 aliphatic rings. The van der Waals surface area contributed by atoms with Gasteiger partial charge in [0.05, 0.1) is 18.7 Å². The highest BCUT2D eigenvalue weighted by Crippen LogP contribution is 2.21. The lowest BCUT2D eigenvalue weighted by Gasteiger charge is -2.07. The molecule has 0 bridgehead atoms. The molecule has 1 amide bonds. The van der Waals surface area contributed by atoms with Crippen LogP contribution in [-0.2, 0) is 20.7 Å². The third kappa shape index (κ3) is 5.57. The number of halogens is 2. The van der Waals surface area contributed by atoms with Crippen LogP contribution >= 0.6 is 27.3 Å². The Morgan fingerprint density at radius 1 is 1.42 bits per heavy atom. The molecule has 2 aromatic rings. The molecule has 1 aromatic heterocycles. The molecule has 0 atom stereocenters. The second kappa shape index (κ2) is 8.74. The normalized spacial score (nSPS) is 10.3. The van der Waals surface area contributed by atoms with Crippen molar-refractivity contribution in [3.63, 3.8) is 0 Å². The van der Waals surface area contributed by atoms with Crippen LogP contribution in [-0.4, -0.2) is 30.1 Å². The zero-order chi connectivity index (χ0) is 17.5. The van der Waals surface area contributed by atoms with Gasteiger partial charge >= 0.3 is 5.97 Å². The van der Waals surface area contributed by atoms with Crippen LogP contribution < -0.4 is 10.1 Å². The summed E-state index contributed by atoms with van der Waals surface area (Å²) in [5, 5.41) is 4.52. The summed E-state index contributed by atoms with van der Waals surface area (Å²) in [5.74, 6) is -1.44. The van der Waals surface area contributed by atoms with Gasteiger partial charge in [-0.3, -0.25) is 14.9 Å². The Hall–Kier alpha value is -2.00. The van der Waals surface area contributed by atoms with Gasteiger partial charge in [0.2, 0.25) is 0 Å². The number of nitrogens with one attached hydrogen (secondary N) is 1. The van der Waals surface area contributed by atoms with E-state index >= 15 is 0 Å². The molecule has 0 fully saturated rings. The second-order valence-electron chi connectivity index (χ2n) is 4.54. The van der Waals surface area contributed by atoms with Gasteiger partial charge in [0.15, 0.2) is 23.3 Å². The molecule has 2 rings (SSSR count). The Morgan fingerprint density at radius 2 is 2.21 bits per heavy atom. The van der Waals surface area contributed by atoms with Crippen LogP contribution in [0.1, 0.15) is 12.6 Å². The van der Waals surface area contributed by atoms with Crippen LogP contribution in [0.5, 0.6) is 5.75 Å². The van der Waals surface area contributed by atoms with Gasteiger partial charge in [-0.05, 0) is 25.1 Å². The van der Waals surface area contributed by atoms with Gasteiger partial charge in [-0.1, -0.05) is 15.9 Å². The van der Waals surface area contributed by atoms with Crippen LogP contribution in [0.15, 0.2) is 28.1 Å². The van der Waals surface area contributed by atoms with E-state index in [0.29, 0.717) is 21.9 Å². The number of aromatic nitrogens is 1. The summed E-state index contributed by atoms with van der Waals surface area (Å²) in [4.78, 5) is 27.3. The van der Waals surface area contributed by atoms with Crippen molar-refractivity contribution in [1.29, 1.82) is 0 Å². The first-order valence-electron chi connectivity index (χ1n) is 6.95. The topological polar surface area (TPSA) is 77.5 Å². The number of nitrogens with zero attached hydrogens (tertiary/aromatic N) is 1. The first kappa shape index (κ1) is 18.3. The minimum atomic E-state index is -0.567. The third-order valence-electron chi connectivity index (χ3n) is 2.68. The molecule has 1 heterocycles. The molecule has 128 valence electrons. The fourth-order valence-corrected chi connectivity index (χ4v) is 2.76. The van der Waals surface area contributed by atoms with Gasteiger partial charge in [0.25, 0.3) is 5.91 Å². The summed E-state index contributed by atoms with van der Waals surface area (Å²) in [6, 6.07) is 4.28. The van der Waals surface area contributed by atoms with Crippen molar-refractivity contribution < 1.29 is 23.5 Å². The molecule has 0 aliphatic carbocycles. The van der Waals surface area contributed by atoms with Gasteiger partial charge in [-0.15, -0.1) is 11.3 Å². The van der Waals surface area contributed by atoms with Crippen molar-refractivity contribution in [2.75, 3.05) is 18.5 Å². The maximum atomic E-state index is 13.6. The van der Waals surface area contributed by atoms with Crippen molar-refractivity contribution in [1.82, 2.24) is 4.98 Å². The molecule has 0 spiro atoms. The SMILES string of the molecule is CCOC(=O)Cc1csc(NC(=O)COc2ccc(Br)cc2F)n1. The van der Waals surface area contributed by atoms with Crippen molar-refractivity contribution in [3.05, 3.63) is 39.6 Å². The molecule has 1 aromatic carbocycles. The molecular formula is C15H14BrFN2O4S. The number of rotatable bonds is 7. The zero-order valence-electron chi connectivity index (χ0n) is 12.7. The molecule has 0 unspecified atom stereocenters. The molecule has 0 saturated heterocycles. The zero-order valence-corrected chi connectivity index (χ0v) is 15.1. The van der Waals surface area contributed by atoms with Gasteiger partial charge in [0.1, 0.15) is 0 Å². The first-order valence-corrected chi connectivity index (χ1v) is 8.63. The molecule has 6 nitrogen and oxygen atoms in total. The number of benzene rings is 1. The van der Waals surface area contributed by atoms with E-state index in [0.717, 1.165) is 0 Å². The smallest absolute Gasteiger partial charge is 0.311 e. The van der Waals surface area contributed by atoms with E-state index in [-0.39, 0.29) is 24.7 Å². The van der Waals surface area contributed by atoms with Gasteiger partial charge in [0, 0.05) is 9.85 Å². The number of carbonyl (C=O) groups excluding carboxylic acids is 2. The maximum Gasteiger partial charge on any atom is 0.311 e. The van der Waals surface area contributed by atoms with E-state index in [9.17, 15) is 14.0 Å². The van der Waals surface area contributed by atoms with Gasteiger partial charge in [-0.2, -0.15) is 0 Å². The number of carbonyl (C=O) groups is 2. The Kier molecular flexibility index (Phi) is 6.68. The lowest BCUT2D eigenvalue weighted by Crippen LogP contribution is -2.20.